The third-order valence-electron chi connectivity index (χ3n) is 5.77. The number of benzene rings is 3. The van der Waals surface area contributed by atoms with E-state index in [1.165, 1.54) is 17.3 Å². The molecule has 0 atom stereocenters. The highest BCUT2D eigenvalue weighted by molar-refractivity contribution is 8.27. The summed E-state index contributed by atoms with van der Waals surface area (Å²) in [5, 5.41) is 2.80. The van der Waals surface area contributed by atoms with Crippen molar-refractivity contribution in [3.05, 3.63) is 82.8 Å². The summed E-state index contributed by atoms with van der Waals surface area (Å²) in [6.45, 7) is 6.66. The van der Waals surface area contributed by atoms with Crippen molar-refractivity contribution < 1.29 is 23.8 Å². The van der Waals surface area contributed by atoms with Gasteiger partial charge in [0.25, 0.3) is 11.8 Å². The quantitative estimate of drug-likeness (QED) is 0.212. The summed E-state index contributed by atoms with van der Waals surface area (Å²) in [5.74, 6) is 1.17. The molecule has 1 aliphatic heterocycles. The van der Waals surface area contributed by atoms with E-state index < -0.39 is 0 Å². The zero-order valence-electron chi connectivity index (χ0n) is 22.1. The number of thiocarbonyl (C=S) groups is 1. The van der Waals surface area contributed by atoms with E-state index in [1.807, 2.05) is 44.2 Å². The second-order valence-electron chi connectivity index (χ2n) is 8.47. The third kappa shape index (κ3) is 7.19. The van der Waals surface area contributed by atoms with Crippen LogP contribution in [0.15, 0.2) is 71.6 Å². The van der Waals surface area contributed by atoms with Gasteiger partial charge in [-0.05, 0) is 86.0 Å². The fourth-order valence-electron chi connectivity index (χ4n) is 3.87. The molecule has 0 aromatic heterocycles. The predicted octanol–water partition coefficient (Wildman–Crippen LogP) is 6.47. The van der Waals surface area contributed by atoms with Crippen LogP contribution in [0.5, 0.6) is 17.2 Å². The molecule has 0 saturated carbocycles. The highest BCUT2D eigenvalue weighted by Gasteiger charge is 2.33. The molecule has 202 valence electrons. The number of hydrogen-bond donors (Lipinski definition) is 1. The lowest BCUT2D eigenvalue weighted by Crippen LogP contribution is -2.27. The number of hydrogen-bond acceptors (Lipinski definition) is 7. The summed E-state index contributed by atoms with van der Waals surface area (Å²) in [6.07, 6.45) is 2.71. The first kappa shape index (κ1) is 28.2. The number of aryl methyl sites for hydroxylation is 1. The molecule has 4 rings (SSSR count). The first-order valence-corrected chi connectivity index (χ1v) is 13.9. The van der Waals surface area contributed by atoms with Crippen LogP contribution in [0.3, 0.4) is 0 Å². The lowest BCUT2D eigenvalue weighted by molar-refractivity contribution is -0.118. The van der Waals surface area contributed by atoms with E-state index in [4.69, 9.17) is 26.4 Å². The van der Waals surface area contributed by atoms with Gasteiger partial charge >= 0.3 is 0 Å². The first-order valence-electron chi connectivity index (χ1n) is 12.7. The SMILES string of the molecule is CCOc1ccc(NC(=O)COc2ccc(/C=C3\SC(=S)N(c4ccc(CC)cc4)C3=O)cc2OCC)cc1. The van der Waals surface area contributed by atoms with E-state index >= 15 is 0 Å². The topological polar surface area (TPSA) is 77.1 Å². The molecule has 7 nitrogen and oxygen atoms in total. The number of ether oxygens (including phenoxy) is 3. The molecule has 3 aromatic carbocycles. The molecule has 0 spiro atoms. The maximum atomic E-state index is 13.2. The average Bonchev–Trinajstić information content (AvgIpc) is 3.21. The first-order chi connectivity index (χ1) is 18.9. The maximum Gasteiger partial charge on any atom is 0.270 e. The Morgan fingerprint density at radius 2 is 1.64 bits per heavy atom. The third-order valence-corrected chi connectivity index (χ3v) is 7.07. The summed E-state index contributed by atoms with van der Waals surface area (Å²) in [7, 11) is 0. The van der Waals surface area contributed by atoms with Gasteiger partial charge in [-0.15, -0.1) is 0 Å². The average molecular weight is 563 g/mol. The molecule has 0 bridgehead atoms. The van der Waals surface area contributed by atoms with Crippen LogP contribution in [0.4, 0.5) is 11.4 Å². The Balaban J connectivity index is 1.43. The number of rotatable bonds is 11. The largest absolute Gasteiger partial charge is 0.494 e. The van der Waals surface area contributed by atoms with Crippen molar-refractivity contribution in [2.75, 3.05) is 30.0 Å². The fourth-order valence-corrected chi connectivity index (χ4v) is 5.16. The van der Waals surface area contributed by atoms with E-state index in [-0.39, 0.29) is 18.4 Å². The molecule has 1 saturated heterocycles. The number of carbonyl (C=O) groups is 2. The predicted molar refractivity (Wildman–Crippen MR) is 161 cm³/mol. The Bertz CT molecular complexity index is 1370. The van der Waals surface area contributed by atoms with Gasteiger partial charge in [-0.2, -0.15) is 0 Å². The van der Waals surface area contributed by atoms with Gasteiger partial charge in [0.05, 0.1) is 23.8 Å². The van der Waals surface area contributed by atoms with E-state index in [2.05, 4.69) is 12.2 Å². The summed E-state index contributed by atoms with van der Waals surface area (Å²) in [5.41, 5.74) is 3.34. The van der Waals surface area contributed by atoms with E-state index in [9.17, 15) is 9.59 Å². The summed E-state index contributed by atoms with van der Waals surface area (Å²) in [4.78, 5) is 27.7. The van der Waals surface area contributed by atoms with Crippen LogP contribution >= 0.6 is 24.0 Å². The number of nitrogens with one attached hydrogen (secondary N) is 1. The van der Waals surface area contributed by atoms with Crippen LogP contribution < -0.4 is 24.4 Å². The van der Waals surface area contributed by atoms with E-state index in [1.54, 1.807) is 47.4 Å². The van der Waals surface area contributed by atoms with Crippen LogP contribution in [0.25, 0.3) is 6.08 Å². The molecule has 0 aliphatic carbocycles. The molecule has 1 N–H and O–H groups in total. The highest BCUT2D eigenvalue weighted by atomic mass is 32.2. The number of amides is 2. The lowest BCUT2D eigenvalue weighted by Gasteiger charge is -2.15. The molecule has 9 heteroatoms. The van der Waals surface area contributed by atoms with E-state index in [0.29, 0.717) is 39.6 Å². The van der Waals surface area contributed by atoms with E-state index in [0.717, 1.165) is 23.4 Å². The number of thioether (sulfide) groups is 1. The minimum Gasteiger partial charge on any atom is -0.494 e. The molecule has 3 aromatic rings. The molecule has 0 unspecified atom stereocenters. The minimum absolute atomic E-state index is 0.168. The van der Waals surface area contributed by atoms with Gasteiger partial charge in [-0.3, -0.25) is 14.5 Å². The van der Waals surface area contributed by atoms with Crippen molar-refractivity contribution in [2.45, 2.75) is 27.2 Å². The van der Waals surface area contributed by atoms with Gasteiger partial charge in [0.15, 0.2) is 22.4 Å². The second kappa shape index (κ2) is 13.3. The Morgan fingerprint density at radius 3 is 2.31 bits per heavy atom. The second-order valence-corrected chi connectivity index (χ2v) is 10.1. The molecule has 0 radical (unpaired) electrons. The van der Waals surface area contributed by atoms with Gasteiger partial charge < -0.3 is 19.5 Å². The number of carbonyl (C=O) groups excluding carboxylic acids is 2. The van der Waals surface area contributed by atoms with Crippen molar-refractivity contribution in [3.8, 4) is 17.2 Å². The standard InChI is InChI=1S/C30H30N2O5S2/c1-4-20-7-12-23(13-8-20)32-29(34)27(39-30(32)38)18-21-9-16-25(26(17-21)36-6-3)37-19-28(33)31-22-10-14-24(15-11-22)35-5-2/h7-18H,4-6,19H2,1-3H3,(H,31,33)/b27-18-. The van der Waals surface area contributed by atoms with Gasteiger partial charge in [0, 0.05) is 5.69 Å². The molecule has 39 heavy (non-hydrogen) atoms. The van der Waals surface area contributed by atoms with Crippen molar-refractivity contribution in [2.24, 2.45) is 0 Å². The molecule has 1 heterocycles. The van der Waals surface area contributed by atoms with Gasteiger partial charge in [-0.25, -0.2) is 0 Å². The van der Waals surface area contributed by atoms with Gasteiger partial charge in [0.1, 0.15) is 5.75 Å². The number of nitrogens with zero attached hydrogens (tertiary/aromatic N) is 1. The summed E-state index contributed by atoms with van der Waals surface area (Å²) >= 11 is 6.76. The monoisotopic (exact) mass is 562 g/mol. The maximum absolute atomic E-state index is 13.2. The zero-order valence-corrected chi connectivity index (χ0v) is 23.7. The van der Waals surface area contributed by atoms with Crippen LogP contribution in [0.2, 0.25) is 0 Å². The molecular formula is C30H30N2O5S2. The summed E-state index contributed by atoms with van der Waals surface area (Å²) < 4.78 is 17.4. The fraction of sp³-hybridized carbons (Fsp3) is 0.233. The zero-order chi connectivity index (χ0) is 27.8. The van der Waals surface area contributed by atoms with Crippen LogP contribution in [0.1, 0.15) is 31.9 Å². The smallest absolute Gasteiger partial charge is 0.270 e. The Hall–Kier alpha value is -3.82. The normalized spacial score (nSPS) is 14.0. The van der Waals surface area contributed by atoms with Crippen molar-refractivity contribution >= 4 is 57.6 Å². The minimum atomic E-state index is -0.304. The summed E-state index contributed by atoms with van der Waals surface area (Å²) in [6, 6.07) is 20.3. The molecular weight excluding hydrogens is 532 g/mol. The van der Waals surface area contributed by atoms with Crippen molar-refractivity contribution in [1.29, 1.82) is 0 Å². The molecule has 1 fully saturated rings. The Morgan fingerprint density at radius 1 is 0.923 bits per heavy atom. The van der Waals surface area contributed by atoms with Crippen LogP contribution in [-0.2, 0) is 16.0 Å². The molecule has 1 aliphatic rings. The van der Waals surface area contributed by atoms with Crippen LogP contribution in [-0.4, -0.2) is 36.0 Å². The van der Waals surface area contributed by atoms with Gasteiger partial charge in [-0.1, -0.05) is 49.1 Å². The Labute approximate surface area is 238 Å². The highest BCUT2D eigenvalue weighted by Crippen LogP contribution is 2.37. The lowest BCUT2D eigenvalue weighted by atomic mass is 10.1. The molecule has 2 amide bonds. The Kier molecular flexibility index (Phi) is 9.62. The van der Waals surface area contributed by atoms with Crippen molar-refractivity contribution in [3.63, 3.8) is 0 Å². The van der Waals surface area contributed by atoms with Crippen LogP contribution in [0, 0.1) is 0 Å². The van der Waals surface area contributed by atoms with Crippen molar-refractivity contribution in [1.82, 2.24) is 0 Å². The number of anilines is 2. The van der Waals surface area contributed by atoms with Gasteiger partial charge in [0.2, 0.25) is 0 Å².